The normalized spacial score (nSPS) is 20.5. The van der Waals surface area contributed by atoms with Crippen molar-refractivity contribution in [3.8, 4) is 0 Å². The summed E-state index contributed by atoms with van der Waals surface area (Å²) in [6, 6.07) is 0. The number of carbonyl (C=O) groups is 1. The second-order valence-electron chi connectivity index (χ2n) is 3.21. The molecule has 0 aromatic carbocycles. The van der Waals surface area contributed by atoms with E-state index in [0.29, 0.717) is 0 Å². The van der Waals surface area contributed by atoms with Crippen LogP contribution in [0.5, 0.6) is 0 Å². The molecule has 0 heterocycles. The average Bonchev–Trinajstić information content (AvgIpc) is 2.54. The van der Waals surface area contributed by atoms with Crippen molar-refractivity contribution in [1.29, 1.82) is 0 Å². The summed E-state index contributed by atoms with van der Waals surface area (Å²) in [7, 11) is 0. The fourth-order valence-corrected chi connectivity index (χ4v) is 1.75. The van der Waals surface area contributed by atoms with Gasteiger partial charge in [-0.2, -0.15) is 5.90 Å². The van der Waals surface area contributed by atoms with Gasteiger partial charge >= 0.3 is 6.16 Å². The first kappa shape index (κ1) is 9.32. The zero-order chi connectivity index (χ0) is 9.03. The molecule has 0 bridgehead atoms. The molecule has 2 N–H and O–H groups in total. The van der Waals surface area contributed by atoms with Crippen LogP contribution in [0.3, 0.4) is 0 Å². The predicted octanol–water partition coefficient (Wildman–Crippen LogP) is 1.74. The maximum absolute atomic E-state index is 10.8. The first-order valence-electron chi connectivity index (χ1n) is 4.32. The van der Waals surface area contributed by atoms with Gasteiger partial charge in [0.25, 0.3) is 0 Å². The van der Waals surface area contributed by atoms with Crippen LogP contribution < -0.4 is 5.90 Å². The van der Waals surface area contributed by atoms with Crippen LogP contribution >= 0.6 is 0 Å². The quantitative estimate of drug-likeness (QED) is 0.510. The Morgan fingerprint density at radius 1 is 1.50 bits per heavy atom. The van der Waals surface area contributed by atoms with E-state index in [4.69, 9.17) is 4.74 Å². The van der Waals surface area contributed by atoms with E-state index >= 15 is 0 Å². The lowest BCUT2D eigenvalue weighted by atomic mass is 9.99. The summed E-state index contributed by atoms with van der Waals surface area (Å²) in [6.45, 7) is 2.01. The minimum atomic E-state index is -0.765. The molecule has 0 aromatic heterocycles. The number of ether oxygens (including phenoxy) is 1. The highest BCUT2D eigenvalue weighted by Gasteiger charge is 2.36. The van der Waals surface area contributed by atoms with Crippen LogP contribution in [0.4, 0.5) is 4.79 Å². The Kier molecular flexibility index (Phi) is 2.92. The van der Waals surface area contributed by atoms with Crippen molar-refractivity contribution in [2.45, 2.75) is 44.6 Å². The van der Waals surface area contributed by atoms with Crippen LogP contribution in [0.1, 0.15) is 39.0 Å². The van der Waals surface area contributed by atoms with E-state index < -0.39 is 6.16 Å². The van der Waals surface area contributed by atoms with Gasteiger partial charge in [-0.1, -0.05) is 6.92 Å². The van der Waals surface area contributed by atoms with Gasteiger partial charge in [-0.3, -0.25) is 0 Å². The van der Waals surface area contributed by atoms with Crippen molar-refractivity contribution in [3.05, 3.63) is 0 Å². The lowest BCUT2D eigenvalue weighted by Crippen LogP contribution is -2.32. The summed E-state index contributed by atoms with van der Waals surface area (Å²) in [5.41, 5.74) is -0.295. The van der Waals surface area contributed by atoms with Crippen LogP contribution in [-0.4, -0.2) is 11.8 Å². The summed E-state index contributed by atoms with van der Waals surface area (Å²) in [5.74, 6) is 4.69. The molecule has 0 aromatic rings. The van der Waals surface area contributed by atoms with Gasteiger partial charge in [0.05, 0.1) is 0 Å². The molecule has 0 aliphatic heterocycles. The average molecular weight is 173 g/mol. The SMILES string of the molecule is CCC1(OC(=O)ON)CCCC1. The minimum Gasteiger partial charge on any atom is -0.426 e. The molecule has 0 atom stereocenters. The predicted molar refractivity (Wildman–Crippen MR) is 43.2 cm³/mol. The highest BCUT2D eigenvalue weighted by Crippen LogP contribution is 2.35. The molecule has 0 amide bonds. The lowest BCUT2D eigenvalue weighted by molar-refractivity contribution is -0.0348. The largest absolute Gasteiger partial charge is 0.528 e. The van der Waals surface area contributed by atoms with E-state index in [1.54, 1.807) is 0 Å². The number of carbonyl (C=O) groups excluding carboxylic acids is 1. The molecular formula is C8H15NO3. The molecule has 0 radical (unpaired) electrons. The van der Waals surface area contributed by atoms with Crippen LogP contribution in [0.15, 0.2) is 0 Å². The molecule has 70 valence electrons. The van der Waals surface area contributed by atoms with E-state index in [0.717, 1.165) is 32.1 Å². The molecule has 4 nitrogen and oxygen atoms in total. The zero-order valence-corrected chi connectivity index (χ0v) is 7.34. The van der Waals surface area contributed by atoms with Gasteiger partial charge in [-0.15, -0.1) is 0 Å². The number of hydrogen-bond donors (Lipinski definition) is 1. The topological polar surface area (TPSA) is 61.5 Å². The molecular weight excluding hydrogens is 158 g/mol. The lowest BCUT2D eigenvalue weighted by Gasteiger charge is -2.25. The first-order valence-corrected chi connectivity index (χ1v) is 4.32. The molecule has 0 unspecified atom stereocenters. The summed E-state index contributed by atoms with van der Waals surface area (Å²) < 4.78 is 5.11. The molecule has 12 heavy (non-hydrogen) atoms. The number of nitrogens with two attached hydrogens (primary N) is 1. The number of hydrogen-bond acceptors (Lipinski definition) is 4. The Bertz CT molecular complexity index is 164. The van der Waals surface area contributed by atoms with Crippen LogP contribution in [0.25, 0.3) is 0 Å². The van der Waals surface area contributed by atoms with Crippen LogP contribution in [-0.2, 0) is 9.57 Å². The Morgan fingerprint density at radius 2 is 2.08 bits per heavy atom. The summed E-state index contributed by atoms with van der Waals surface area (Å²) >= 11 is 0. The molecule has 4 heteroatoms. The standard InChI is InChI=1S/C8H15NO3/c1-2-8(5-3-4-6-8)11-7(10)12-9/h2-6,9H2,1H3. The summed E-state index contributed by atoms with van der Waals surface area (Å²) in [5, 5.41) is 0. The third kappa shape index (κ3) is 1.88. The Hall–Kier alpha value is -0.770. The van der Waals surface area contributed by atoms with E-state index in [1.165, 1.54) is 0 Å². The van der Waals surface area contributed by atoms with E-state index in [9.17, 15) is 4.79 Å². The van der Waals surface area contributed by atoms with Gasteiger partial charge in [-0.25, -0.2) is 4.79 Å². The van der Waals surface area contributed by atoms with Gasteiger partial charge in [0.1, 0.15) is 5.60 Å². The number of rotatable bonds is 2. The molecule has 1 saturated carbocycles. The van der Waals surface area contributed by atoms with E-state index in [2.05, 4.69) is 10.7 Å². The maximum Gasteiger partial charge on any atom is 0.528 e. The van der Waals surface area contributed by atoms with E-state index in [-0.39, 0.29) is 5.60 Å². The Morgan fingerprint density at radius 3 is 2.50 bits per heavy atom. The monoisotopic (exact) mass is 173 g/mol. The Balaban J connectivity index is 2.49. The van der Waals surface area contributed by atoms with Crippen molar-refractivity contribution in [2.24, 2.45) is 5.90 Å². The molecule has 0 saturated heterocycles. The fraction of sp³-hybridized carbons (Fsp3) is 0.875. The van der Waals surface area contributed by atoms with Gasteiger partial charge in [-0.05, 0) is 32.1 Å². The third-order valence-electron chi connectivity index (χ3n) is 2.56. The van der Waals surface area contributed by atoms with Gasteiger partial charge in [0.2, 0.25) is 0 Å². The minimum absolute atomic E-state index is 0.295. The maximum atomic E-state index is 10.8. The van der Waals surface area contributed by atoms with Crippen molar-refractivity contribution < 1.29 is 14.4 Å². The highest BCUT2D eigenvalue weighted by molar-refractivity contribution is 5.60. The highest BCUT2D eigenvalue weighted by atomic mass is 16.8. The second kappa shape index (κ2) is 3.76. The summed E-state index contributed by atoms with van der Waals surface area (Å²) in [6.07, 6.45) is 4.16. The van der Waals surface area contributed by atoms with Crippen LogP contribution in [0.2, 0.25) is 0 Å². The molecule has 1 rings (SSSR count). The molecule has 0 spiro atoms. The molecule has 1 aliphatic carbocycles. The summed E-state index contributed by atoms with van der Waals surface area (Å²) in [4.78, 5) is 14.7. The Labute approximate surface area is 72.0 Å². The zero-order valence-electron chi connectivity index (χ0n) is 7.34. The van der Waals surface area contributed by atoms with Crippen molar-refractivity contribution in [2.75, 3.05) is 0 Å². The van der Waals surface area contributed by atoms with Crippen molar-refractivity contribution >= 4 is 6.16 Å². The van der Waals surface area contributed by atoms with Gasteiger partial charge < -0.3 is 9.57 Å². The van der Waals surface area contributed by atoms with Crippen molar-refractivity contribution in [3.63, 3.8) is 0 Å². The van der Waals surface area contributed by atoms with Crippen LogP contribution in [0, 0.1) is 0 Å². The van der Waals surface area contributed by atoms with E-state index in [1.807, 2.05) is 6.92 Å². The fourth-order valence-electron chi connectivity index (χ4n) is 1.75. The third-order valence-corrected chi connectivity index (χ3v) is 2.56. The first-order chi connectivity index (χ1) is 5.72. The second-order valence-corrected chi connectivity index (χ2v) is 3.21. The molecule has 1 aliphatic rings. The van der Waals surface area contributed by atoms with Gasteiger partial charge in [0.15, 0.2) is 0 Å². The smallest absolute Gasteiger partial charge is 0.426 e. The molecule has 1 fully saturated rings. The van der Waals surface area contributed by atoms with Crippen molar-refractivity contribution in [1.82, 2.24) is 0 Å². The van der Waals surface area contributed by atoms with Gasteiger partial charge in [0, 0.05) is 0 Å².